The summed E-state index contributed by atoms with van der Waals surface area (Å²) in [6.45, 7) is 9.95. The maximum Gasteiger partial charge on any atom is 0.283 e. The highest BCUT2D eigenvalue weighted by Crippen LogP contribution is 2.34. The number of nitrogens with two attached hydrogens (primary N) is 1. The molecule has 21 heavy (non-hydrogen) atoms. The van der Waals surface area contributed by atoms with E-state index in [9.17, 15) is 4.79 Å². The Labute approximate surface area is 126 Å². The van der Waals surface area contributed by atoms with Gasteiger partial charge in [-0.3, -0.25) is 15.1 Å². The van der Waals surface area contributed by atoms with E-state index in [2.05, 4.69) is 36.1 Å². The van der Waals surface area contributed by atoms with Crippen LogP contribution in [0, 0.1) is 11.3 Å². The third kappa shape index (κ3) is 4.25. The van der Waals surface area contributed by atoms with Gasteiger partial charge in [0.25, 0.3) is 5.91 Å². The number of hydrogen-bond donors (Lipinski definition) is 2. The molecule has 0 unspecified atom stereocenters. The highest BCUT2D eigenvalue weighted by Gasteiger charge is 2.28. The summed E-state index contributed by atoms with van der Waals surface area (Å²) in [5, 5.41) is 0. The van der Waals surface area contributed by atoms with Crippen molar-refractivity contribution in [3.63, 3.8) is 0 Å². The Kier molecular flexibility index (Phi) is 4.96. The first-order chi connectivity index (χ1) is 9.90. The Hall–Kier alpha value is -1.46. The van der Waals surface area contributed by atoms with Crippen LogP contribution in [0.3, 0.4) is 0 Å². The number of nitrogens with zero attached hydrogens (tertiary/aromatic N) is 2. The molecule has 1 aliphatic heterocycles. The van der Waals surface area contributed by atoms with Gasteiger partial charge in [0.1, 0.15) is 5.69 Å². The van der Waals surface area contributed by atoms with E-state index >= 15 is 0 Å². The van der Waals surface area contributed by atoms with E-state index in [1.165, 1.54) is 12.8 Å². The summed E-state index contributed by atoms with van der Waals surface area (Å²) >= 11 is 0. The lowest BCUT2D eigenvalue weighted by Crippen LogP contribution is -2.37. The van der Waals surface area contributed by atoms with Gasteiger partial charge in [0.15, 0.2) is 0 Å². The number of carbonyl (C=O) groups is 1. The molecule has 2 heterocycles. The van der Waals surface area contributed by atoms with Crippen molar-refractivity contribution in [1.82, 2.24) is 15.3 Å². The van der Waals surface area contributed by atoms with Crippen LogP contribution in [0.5, 0.6) is 0 Å². The number of amides is 1. The maximum atomic E-state index is 11.5. The number of piperidine rings is 1. The van der Waals surface area contributed by atoms with Crippen molar-refractivity contribution < 1.29 is 4.79 Å². The van der Waals surface area contributed by atoms with Crippen molar-refractivity contribution >= 4 is 5.91 Å². The summed E-state index contributed by atoms with van der Waals surface area (Å²) in [5.74, 6) is 5.59. The number of hydrazine groups is 1. The molecule has 0 atom stereocenters. The van der Waals surface area contributed by atoms with Gasteiger partial charge in [-0.2, -0.15) is 0 Å². The molecule has 5 nitrogen and oxygen atoms in total. The lowest BCUT2D eigenvalue weighted by Gasteiger charge is -2.38. The number of nitrogens with one attached hydrogen (secondary N) is 1. The maximum absolute atomic E-state index is 11.5. The van der Waals surface area contributed by atoms with Crippen LogP contribution in [0.15, 0.2) is 18.2 Å². The van der Waals surface area contributed by atoms with Crippen LogP contribution in [0.1, 0.15) is 49.8 Å². The van der Waals surface area contributed by atoms with Crippen molar-refractivity contribution in [2.45, 2.75) is 40.2 Å². The fourth-order valence-corrected chi connectivity index (χ4v) is 2.95. The Morgan fingerprint density at radius 3 is 2.62 bits per heavy atom. The number of carbonyl (C=O) groups excluding carboxylic acids is 1. The minimum absolute atomic E-state index is 0.344. The second-order valence-electron chi connectivity index (χ2n) is 6.90. The predicted octanol–water partition coefficient (Wildman–Crippen LogP) is 1.94. The number of aromatic nitrogens is 1. The smallest absolute Gasteiger partial charge is 0.283 e. The summed E-state index contributed by atoms with van der Waals surface area (Å²) in [5.41, 5.74) is 3.81. The highest BCUT2D eigenvalue weighted by atomic mass is 16.2. The summed E-state index contributed by atoms with van der Waals surface area (Å²) in [6, 6.07) is 5.50. The number of hydrogen-bond acceptors (Lipinski definition) is 4. The molecule has 1 fully saturated rings. The molecule has 1 aliphatic rings. The average molecular weight is 290 g/mol. The van der Waals surface area contributed by atoms with E-state index in [1.807, 2.05) is 12.1 Å². The minimum Gasteiger partial charge on any atom is -0.297 e. The van der Waals surface area contributed by atoms with Crippen LogP contribution in [-0.2, 0) is 6.54 Å². The Morgan fingerprint density at radius 1 is 1.38 bits per heavy atom. The Bertz CT molecular complexity index is 487. The van der Waals surface area contributed by atoms with Gasteiger partial charge in [-0.25, -0.2) is 10.8 Å². The van der Waals surface area contributed by atoms with Crippen LogP contribution in [0.2, 0.25) is 0 Å². The van der Waals surface area contributed by atoms with Gasteiger partial charge in [0.05, 0.1) is 5.69 Å². The minimum atomic E-state index is -0.344. The Morgan fingerprint density at radius 2 is 2.05 bits per heavy atom. The molecule has 0 saturated carbocycles. The first-order valence-corrected chi connectivity index (χ1v) is 7.59. The van der Waals surface area contributed by atoms with Crippen LogP contribution >= 0.6 is 0 Å². The predicted molar refractivity (Wildman–Crippen MR) is 83.3 cm³/mol. The van der Waals surface area contributed by atoms with Gasteiger partial charge in [0.2, 0.25) is 0 Å². The summed E-state index contributed by atoms with van der Waals surface area (Å²) in [7, 11) is 0. The van der Waals surface area contributed by atoms with E-state index < -0.39 is 0 Å². The zero-order valence-electron chi connectivity index (χ0n) is 13.2. The quantitative estimate of drug-likeness (QED) is 0.507. The molecule has 5 heteroatoms. The van der Waals surface area contributed by atoms with Gasteiger partial charge in [-0.1, -0.05) is 26.8 Å². The molecular weight excluding hydrogens is 264 g/mol. The molecule has 1 aromatic rings. The molecule has 1 aromatic heterocycles. The third-order valence-corrected chi connectivity index (χ3v) is 4.37. The number of nitrogen functional groups attached to an aromatic ring is 1. The second-order valence-corrected chi connectivity index (χ2v) is 6.90. The summed E-state index contributed by atoms with van der Waals surface area (Å²) in [4.78, 5) is 18.3. The normalized spacial score (nSPS) is 17.7. The van der Waals surface area contributed by atoms with Gasteiger partial charge in [-0.15, -0.1) is 0 Å². The molecule has 0 radical (unpaired) electrons. The van der Waals surface area contributed by atoms with Crippen molar-refractivity contribution in [3.05, 3.63) is 29.6 Å². The first kappa shape index (κ1) is 15.9. The average Bonchev–Trinajstić information content (AvgIpc) is 2.46. The number of rotatable bonds is 3. The third-order valence-electron chi connectivity index (χ3n) is 4.37. The van der Waals surface area contributed by atoms with Crippen molar-refractivity contribution in [1.29, 1.82) is 0 Å². The fourth-order valence-electron chi connectivity index (χ4n) is 2.95. The fraction of sp³-hybridized carbons (Fsp3) is 0.625. The molecule has 116 valence electrons. The van der Waals surface area contributed by atoms with Crippen molar-refractivity contribution in [2.75, 3.05) is 13.1 Å². The zero-order chi connectivity index (χ0) is 15.5. The van der Waals surface area contributed by atoms with Crippen LogP contribution < -0.4 is 11.3 Å². The largest absolute Gasteiger partial charge is 0.297 e. The monoisotopic (exact) mass is 290 g/mol. The van der Waals surface area contributed by atoms with Crippen LogP contribution in [-0.4, -0.2) is 28.9 Å². The van der Waals surface area contributed by atoms with E-state index in [4.69, 9.17) is 5.84 Å². The molecule has 0 aliphatic carbocycles. The SMILES string of the molecule is CC(C)(C)C1CCN(Cc2cccc(C(=O)NN)n2)CC1. The molecule has 0 bridgehead atoms. The lowest BCUT2D eigenvalue weighted by molar-refractivity contribution is 0.0946. The second kappa shape index (κ2) is 6.54. The molecule has 0 spiro atoms. The van der Waals surface area contributed by atoms with Crippen molar-refractivity contribution in [2.24, 2.45) is 17.2 Å². The molecular formula is C16H26N4O. The number of pyridine rings is 1. The van der Waals surface area contributed by atoms with Crippen LogP contribution in [0.4, 0.5) is 0 Å². The van der Waals surface area contributed by atoms with Gasteiger partial charge >= 0.3 is 0 Å². The number of likely N-dealkylation sites (tertiary alicyclic amines) is 1. The standard InChI is InChI=1S/C16H26N4O/c1-16(2,3)12-7-9-20(10-8-12)11-13-5-4-6-14(18-13)15(21)19-17/h4-6,12H,7-11,17H2,1-3H3,(H,19,21). The van der Waals surface area contributed by atoms with E-state index in [1.54, 1.807) is 6.07 Å². The Balaban J connectivity index is 1.93. The van der Waals surface area contributed by atoms with Crippen molar-refractivity contribution in [3.8, 4) is 0 Å². The van der Waals surface area contributed by atoms with Gasteiger partial charge < -0.3 is 0 Å². The summed E-state index contributed by atoms with van der Waals surface area (Å²) in [6.07, 6.45) is 2.46. The molecule has 2 rings (SSSR count). The molecule has 3 N–H and O–H groups in total. The molecule has 1 amide bonds. The van der Waals surface area contributed by atoms with Gasteiger partial charge in [-0.05, 0) is 49.4 Å². The lowest BCUT2D eigenvalue weighted by atomic mass is 9.75. The first-order valence-electron chi connectivity index (χ1n) is 7.59. The molecule has 0 aromatic carbocycles. The van der Waals surface area contributed by atoms with E-state index in [0.717, 1.165) is 31.2 Å². The van der Waals surface area contributed by atoms with Gasteiger partial charge in [0, 0.05) is 6.54 Å². The zero-order valence-corrected chi connectivity index (χ0v) is 13.2. The van der Waals surface area contributed by atoms with E-state index in [0.29, 0.717) is 11.1 Å². The topological polar surface area (TPSA) is 71.2 Å². The molecule has 1 saturated heterocycles. The van der Waals surface area contributed by atoms with Crippen LogP contribution in [0.25, 0.3) is 0 Å². The summed E-state index contributed by atoms with van der Waals surface area (Å²) < 4.78 is 0. The highest BCUT2D eigenvalue weighted by molar-refractivity contribution is 5.91. The van der Waals surface area contributed by atoms with E-state index in [-0.39, 0.29) is 5.91 Å².